The fraction of sp³-hybridized carbons (Fsp3) is 0.400. The van der Waals surface area contributed by atoms with Crippen LogP contribution in [0.3, 0.4) is 0 Å². The van der Waals surface area contributed by atoms with Gasteiger partial charge in [0.1, 0.15) is 11.6 Å². The minimum atomic E-state index is 0.491. The number of pyridine rings is 1. The van der Waals surface area contributed by atoms with Gasteiger partial charge in [-0.2, -0.15) is 0 Å². The van der Waals surface area contributed by atoms with E-state index in [-0.39, 0.29) is 0 Å². The third kappa shape index (κ3) is 2.49. The van der Waals surface area contributed by atoms with Crippen molar-refractivity contribution >= 4 is 16.6 Å². The molecule has 0 amide bonds. The SMILES string of the molecule is COc1ccc2c(NC3CCN(C)C3)nccc2c1. The summed E-state index contributed by atoms with van der Waals surface area (Å²) in [6.07, 6.45) is 3.02. The zero-order valence-electron chi connectivity index (χ0n) is 11.4. The van der Waals surface area contributed by atoms with Crippen LogP contribution in [0.2, 0.25) is 0 Å². The molecule has 100 valence electrons. The van der Waals surface area contributed by atoms with Crippen LogP contribution < -0.4 is 10.1 Å². The fourth-order valence-corrected chi connectivity index (χ4v) is 2.64. The topological polar surface area (TPSA) is 37.4 Å². The van der Waals surface area contributed by atoms with Crippen LogP contribution >= 0.6 is 0 Å². The van der Waals surface area contributed by atoms with Gasteiger partial charge in [0.25, 0.3) is 0 Å². The van der Waals surface area contributed by atoms with Gasteiger partial charge in [-0.25, -0.2) is 4.98 Å². The van der Waals surface area contributed by atoms with Crippen molar-refractivity contribution in [2.24, 2.45) is 0 Å². The highest BCUT2D eigenvalue weighted by Crippen LogP contribution is 2.26. The smallest absolute Gasteiger partial charge is 0.134 e. The van der Waals surface area contributed by atoms with Gasteiger partial charge in [0.2, 0.25) is 0 Å². The Hall–Kier alpha value is -1.81. The Morgan fingerprint density at radius 2 is 2.26 bits per heavy atom. The van der Waals surface area contributed by atoms with E-state index in [0.29, 0.717) is 6.04 Å². The van der Waals surface area contributed by atoms with Crippen molar-refractivity contribution in [2.75, 3.05) is 32.6 Å². The molecule has 3 rings (SSSR count). The molecule has 0 saturated carbocycles. The molecule has 4 nitrogen and oxygen atoms in total. The first-order valence-electron chi connectivity index (χ1n) is 6.64. The Balaban J connectivity index is 1.90. The van der Waals surface area contributed by atoms with E-state index in [0.717, 1.165) is 35.4 Å². The molecule has 0 bridgehead atoms. The highest BCUT2D eigenvalue weighted by Gasteiger charge is 2.20. The molecule has 19 heavy (non-hydrogen) atoms. The molecule has 1 atom stereocenters. The number of fused-ring (bicyclic) bond motifs is 1. The Labute approximate surface area is 113 Å². The van der Waals surface area contributed by atoms with E-state index < -0.39 is 0 Å². The number of nitrogens with zero attached hydrogens (tertiary/aromatic N) is 2. The molecule has 1 aliphatic rings. The van der Waals surface area contributed by atoms with Crippen LogP contribution in [0.25, 0.3) is 10.8 Å². The number of rotatable bonds is 3. The van der Waals surface area contributed by atoms with Crippen LogP contribution in [-0.2, 0) is 0 Å². The van der Waals surface area contributed by atoms with Crippen LogP contribution in [0.15, 0.2) is 30.5 Å². The highest BCUT2D eigenvalue weighted by atomic mass is 16.5. The maximum absolute atomic E-state index is 5.26. The lowest BCUT2D eigenvalue weighted by Crippen LogP contribution is -2.24. The van der Waals surface area contributed by atoms with Gasteiger partial charge in [0, 0.05) is 24.2 Å². The number of benzene rings is 1. The molecular formula is C15H19N3O. The van der Waals surface area contributed by atoms with E-state index in [2.05, 4.69) is 28.3 Å². The average molecular weight is 257 g/mol. The molecule has 0 spiro atoms. The van der Waals surface area contributed by atoms with Crippen molar-refractivity contribution in [3.05, 3.63) is 30.5 Å². The van der Waals surface area contributed by atoms with Crippen molar-refractivity contribution < 1.29 is 4.74 Å². The van der Waals surface area contributed by atoms with Gasteiger partial charge in [-0.3, -0.25) is 0 Å². The lowest BCUT2D eigenvalue weighted by Gasteiger charge is -2.15. The molecule has 1 unspecified atom stereocenters. The van der Waals surface area contributed by atoms with Crippen LogP contribution in [0, 0.1) is 0 Å². The second-order valence-electron chi connectivity index (χ2n) is 5.14. The first-order chi connectivity index (χ1) is 9.26. The number of likely N-dealkylation sites (N-methyl/N-ethyl adjacent to an activating group) is 1. The monoisotopic (exact) mass is 257 g/mol. The lowest BCUT2D eigenvalue weighted by molar-refractivity contribution is 0.414. The Kier molecular flexibility index (Phi) is 3.25. The Bertz CT molecular complexity index is 585. The Morgan fingerprint density at radius 1 is 1.37 bits per heavy atom. The molecule has 1 aliphatic heterocycles. The van der Waals surface area contributed by atoms with Crippen LogP contribution in [0.4, 0.5) is 5.82 Å². The number of methoxy groups -OCH3 is 1. The summed E-state index contributed by atoms with van der Waals surface area (Å²) in [7, 11) is 3.85. The molecule has 4 heteroatoms. The molecule has 1 N–H and O–H groups in total. The maximum Gasteiger partial charge on any atom is 0.134 e. The molecule has 1 saturated heterocycles. The summed E-state index contributed by atoms with van der Waals surface area (Å²) in [4.78, 5) is 6.82. The minimum absolute atomic E-state index is 0.491. The third-order valence-electron chi connectivity index (χ3n) is 3.70. The van der Waals surface area contributed by atoms with E-state index in [1.807, 2.05) is 24.4 Å². The summed E-state index contributed by atoms with van der Waals surface area (Å²) in [6, 6.07) is 8.61. The molecule has 0 radical (unpaired) electrons. The second-order valence-corrected chi connectivity index (χ2v) is 5.14. The van der Waals surface area contributed by atoms with Crippen LogP contribution in [0.5, 0.6) is 5.75 Å². The molecule has 1 fully saturated rings. The summed E-state index contributed by atoms with van der Waals surface area (Å²) in [5.74, 6) is 1.85. The summed E-state index contributed by atoms with van der Waals surface area (Å²) in [5, 5.41) is 5.86. The summed E-state index contributed by atoms with van der Waals surface area (Å²) < 4.78 is 5.26. The predicted molar refractivity (Wildman–Crippen MR) is 77.8 cm³/mol. The van der Waals surface area contributed by atoms with E-state index in [1.165, 1.54) is 6.42 Å². The Morgan fingerprint density at radius 3 is 3.00 bits per heavy atom. The number of aromatic nitrogens is 1. The lowest BCUT2D eigenvalue weighted by atomic mass is 10.1. The van der Waals surface area contributed by atoms with Gasteiger partial charge < -0.3 is 15.0 Å². The van der Waals surface area contributed by atoms with Gasteiger partial charge >= 0.3 is 0 Å². The predicted octanol–water partition coefficient (Wildman–Crippen LogP) is 2.36. The van der Waals surface area contributed by atoms with Gasteiger partial charge in [-0.1, -0.05) is 0 Å². The van der Waals surface area contributed by atoms with E-state index in [9.17, 15) is 0 Å². The van der Waals surface area contributed by atoms with Crippen molar-refractivity contribution in [1.29, 1.82) is 0 Å². The fourth-order valence-electron chi connectivity index (χ4n) is 2.64. The van der Waals surface area contributed by atoms with Crippen molar-refractivity contribution in [2.45, 2.75) is 12.5 Å². The molecule has 1 aromatic carbocycles. The maximum atomic E-state index is 5.26. The van der Waals surface area contributed by atoms with E-state index in [1.54, 1.807) is 7.11 Å². The largest absolute Gasteiger partial charge is 0.497 e. The van der Waals surface area contributed by atoms with Crippen molar-refractivity contribution in [1.82, 2.24) is 9.88 Å². The normalized spacial score (nSPS) is 19.8. The number of anilines is 1. The van der Waals surface area contributed by atoms with Gasteiger partial charge in [0.15, 0.2) is 0 Å². The average Bonchev–Trinajstić information content (AvgIpc) is 2.84. The zero-order valence-corrected chi connectivity index (χ0v) is 11.4. The summed E-state index contributed by atoms with van der Waals surface area (Å²) in [6.45, 7) is 2.23. The molecule has 0 aliphatic carbocycles. The van der Waals surface area contributed by atoms with E-state index >= 15 is 0 Å². The summed E-state index contributed by atoms with van der Waals surface area (Å²) in [5.41, 5.74) is 0. The van der Waals surface area contributed by atoms with Gasteiger partial charge in [0.05, 0.1) is 7.11 Å². The van der Waals surface area contributed by atoms with Gasteiger partial charge in [-0.15, -0.1) is 0 Å². The second kappa shape index (κ2) is 5.05. The number of likely N-dealkylation sites (tertiary alicyclic amines) is 1. The molecule has 2 aromatic rings. The minimum Gasteiger partial charge on any atom is -0.497 e. The third-order valence-corrected chi connectivity index (χ3v) is 3.70. The number of ether oxygens (including phenoxy) is 1. The molecular weight excluding hydrogens is 238 g/mol. The highest BCUT2D eigenvalue weighted by molar-refractivity contribution is 5.92. The van der Waals surface area contributed by atoms with Crippen molar-refractivity contribution in [3.8, 4) is 5.75 Å². The van der Waals surface area contributed by atoms with Gasteiger partial charge in [-0.05, 0) is 49.7 Å². The van der Waals surface area contributed by atoms with Crippen LogP contribution in [-0.4, -0.2) is 43.2 Å². The number of nitrogens with one attached hydrogen (secondary N) is 1. The number of hydrogen-bond donors (Lipinski definition) is 1. The zero-order chi connectivity index (χ0) is 13.2. The standard InChI is InChI=1S/C15H19N3O/c1-18-8-6-12(10-18)17-15-14-4-3-13(19-2)9-11(14)5-7-16-15/h3-5,7,9,12H,6,8,10H2,1-2H3,(H,16,17). The van der Waals surface area contributed by atoms with Crippen molar-refractivity contribution in [3.63, 3.8) is 0 Å². The first kappa shape index (κ1) is 12.2. The number of hydrogen-bond acceptors (Lipinski definition) is 4. The molecule has 2 heterocycles. The first-order valence-corrected chi connectivity index (χ1v) is 6.64. The quantitative estimate of drug-likeness (QED) is 0.916. The van der Waals surface area contributed by atoms with Crippen LogP contribution in [0.1, 0.15) is 6.42 Å². The van der Waals surface area contributed by atoms with E-state index in [4.69, 9.17) is 4.74 Å². The molecule has 1 aromatic heterocycles. The summed E-state index contributed by atoms with van der Waals surface area (Å²) >= 11 is 0.